The largest absolute Gasteiger partial charge is 0.489 e. The van der Waals surface area contributed by atoms with Gasteiger partial charge in [-0.3, -0.25) is 9.79 Å². The van der Waals surface area contributed by atoms with Crippen LogP contribution in [0.5, 0.6) is 5.75 Å². The Kier molecular flexibility index (Phi) is 9.77. The molecule has 1 amide bonds. The predicted octanol–water partition coefficient (Wildman–Crippen LogP) is 2.25. The minimum absolute atomic E-state index is 0.0884. The van der Waals surface area contributed by atoms with Gasteiger partial charge in [-0.1, -0.05) is 18.2 Å². The number of hydrogen-bond acceptors (Lipinski definition) is 4. The second kappa shape index (κ2) is 12.5. The lowest BCUT2D eigenvalue weighted by Gasteiger charge is -2.18. The van der Waals surface area contributed by atoms with Gasteiger partial charge in [0.05, 0.1) is 6.54 Å². The van der Waals surface area contributed by atoms with E-state index in [1.807, 2.05) is 44.1 Å². The molecule has 0 aliphatic carbocycles. The first kappa shape index (κ1) is 24.1. The number of likely N-dealkylation sites (N-methyl/N-ethyl adjacent to an activating group) is 1. The number of rotatable bonds is 10. The average molecular weight is 430 g/mol. The Morgan fingerprint density at radius 2 is 1.90 bits per heavy atom. The van der Waals surface area contributed by atoms with E-state index in [9.17, 15) is 9.18 Å². The highest BCUT2D eigenvalue weighted by Gasteiger charge is 2.08. The number of nitrogens with one attached hydrogen (secondary N) is 3. The van der Waals surface area contributed by atoms with E-state index in [2.05, 4.69) is 20.9 Å². The third-order valence-corrected chi connectivity index (χ3v) is 4.41. The van der Waals surface area contributed by atoms with Crippen molar-refractivity contribution in [1.82, 2.24) is 20.9 Å². The van der Waals surface area contributed by atoms with Crippen LogP contribution >= 0.6 is 0 Å². The lowest BCUT2D eigenvalue weighted by Crippen LogP contribution is -2.41. The number of ether oxygens (including phenoxy) is 1. The highest BCUT2D eigenvalue weighted by Crippen LogP contribution is 2.13. The molecule has 0 heterocycles. The number of aliphatic imine (C=N–C) groups is 1. The van der Waals surface area contributed by atoms with Crippen LogP contribution in [-0.2, 0) is 6.54 Å². The van der Waals surface area contributed by atoms with Crippen molar-refractivity contribution in [3.05, 3.63) is 65.5 Å². The molecule has 0 radical (unpaired) electrons. The topological polar surface area (TPSA) is 78.0 Å². The molecular weight excluding hydrogens is 397 g/mol. The molecule has 8 heteroatoms. The highest BCUT2D eigenvalue weighted by atomic mass is 19.1. The van der Waals surface area contributed by atoms with Crippen LogP contribution in [-0.4, -0.2) is 63.6 Å². The summed E-state index contributed by atoms with van der Waals surface area (Å²) in [5.41, 5.74) is 1.59. The molecule has 0 fully saturated rings. The molecule has 168 valence electrons. The van der Waals surface area contributed by atoms with Crippen molar-refractivity contribution in [3.8, 4) is 5.75 Å². The summed E-state index contributed by atoms with van der Waals surface area (Å²) in [5.74, 6) is 0.673. The van der Waals surface area contributed by atoms with Crippen LogP contribution in [0.3, 0.4) is 0 Å². The van der Waals surface area contributed by atoms with Gasteiger partial charge in [-0.2, -0.15) is 0 Å². The van der Waals surface area contributed by atoms with Crippen molar-refractivity contribution < 1.29 is 13.9 Å². The van der Waals surface area contributed by atoms with E-state index >= 15 is 0 Å². The molecule has 1 atom stereocenters. The fourth-order valence-corrected chi connectivity index (χ4v) is 2.78. The van der Waals surface area contributed by atoms with Gasteiger partial charge in [0, 0.05) is 38.3 Å². The van der Waals surface area contributed by atoms with Gasteiger partial charge < -0.3 is 25.6 Å². The molecule has 31 heavy (non-hydrogen) atoms. The Bertz CT molecular complexity index is 873. The lowest BCUT2D eigenvalue weighted by atomic mass is 10.1. The fourth-order valence-electron chi connectivity index (χ4n) is 2.78. The summed E-state index contributed by atoms with van der Waals surface area (Å²) in [5, 5.41) is 9.32. The van der Waals surface area contributed by atoms with E-state index < -0.39 is 0 Å². The summed E-state index contributed by atoms with van der Waals surface area (Å²) in [6, 6.07) is 13.5. The van der Waals surface area contributed by atoms with Crippen LogP contribution in [0.2, 0.25) is 0 Å². The van der Waals surface area contributed by atoms with Crippen molar-refractivity contribution in [1.29, 1.82) is 0 Å². The summed E-state index contributed by atoms with van der Waals surface area (Å²) in [7, 11) is 5.61. The zero-order valence-electron chi connectivity index (χ0n) is 18.6. The Morgan fingerprint density at radius 3 is 2.61 bits per heavy atom. The second-order valence-corrected chi connectivity index (χ2v) is 7.45. The number of guanidine groups is 1. The lowest BCUT2D eigenvalue weighted by molar-refractivity contribution is 0.0951. The van der Waals surface area contributed by atoms with Gasteiger partial charge in [-0.25, -0.2) is 4.39 Å². The van der Waals surface area contributed by atoms with Gasteiger partial charge in [0.1, 0.15) is 17.7 Å². The monoisotopic (exact) mass is 429 g/mol. The number of halogens is 1. The van der Waals surface area contributed by atoms with Crippen LogP contribution in [0.4, 0.5) is 4.39 Å². The maximum atomic E-state index is 13.3. The van der Waals surface area contributed by atoms with Gasteiger partial charge in [-0.05, 0) is 50.8 Å². The minimum Gasteiger partial charge on any atom is -0.489 e. The molecule has 2 aromatic rings. The van der Waals surface area contributed by atoms with E-state index in [4.69, 9.17) is 4.74 Å². The predicted molar refractivity (Wildman–Crippen MR) is 122 cm³/mol. The Hall–Kier alpha value is -3.13. The number of hydrogen-bond donors (Lipinski definition) is 3. The molecule has 2 rings (SSSR count). The molecule has 3 N–H and O–H groups in total. The minimum atomic E-state index is -0.330. The highest BCUT2D eigenvalue weighted by molar-refractivity contribution is 5.94. The van der Waals surface area contributed by atoms with Crippen LogP contribution in [0, 0.1) is 5.82 Å². The first-order chi connectivity index (χ1) is 14.9. The Morgan fingerprint density at radius 1 is 1.13 bits per heavy atom. The van der Waals surface area contributed by atoms with Gasteiger partial charge in [0.2, 0.25) is 0 Å². The Labute approximate surface area is 183 Å². The van der Waals surface area contributed by atoms with Gasteiger partial charge >= 0.3 is 0 Å². The molecular formula is C23H32FN5O2. The standard InChI is InChI=1S/C23H32FN5O2/c1-17(31-21-10-6-9-20(24)14-21)15-27-23(25-2)28-16-18-7-5-8-19(13-18)22(30)26-11-12-29(3)4/h5-10,13-14,17H,11-12,15-16H2,1-4H3,(H,26,30)(H2,25,27,28). The molecule has 0 saturated carbocycles. The van der Waals surface area contributed by atoms with E-state index in [0.29, 0.717) is 36.9 Å². The normalized spacial score (nSPS) is 12.4. The third-order valence-electron chi connectivity index (χ3n) is 4.41. The average Bonchev–Trinajstić information content (AvgIpc) is 2.73. The first-order valence-electron chi connectivity index (χ1n) is 10.3. The molecule has 0 bridgehead atoms. The summed E-state index contributed by atoms with van der Waals surface area (Å²) < 4.78 is 19.0. The summed E-state index contributed by atoms with van der Waals surface area (Å²) in [6.07, 6.45) is -0.186. The molecule has 0 aromatic heterocycles. The van der Waals surface area contributed by atoms with Gasteiger partial charge in [0.15, 0.2) is 5.96 Å². The van der Waals surface area contributed by atoms with Crippen LogP contribution in [0.15, 0.2) is 53.5 Å². The van der Waals surface area contributed by atoms with Crippen molar-refractivity contribution in [2.24, 2.45) is 4.99 Å². The smallest absolute Gasteiger partial charge is 0.251 e. The Balaban J connectivity index is 1.80. The van der Waals surface area contributed by atoms with Crippen LogP contribution < -0.4 is 20.7 Å². The number of nitrogens with zero attached hydrogens (tertiary/aromatic N) is 2. The van der Waals surface area contributed by atoms with Crippen LogP contribution in [0.25, 0.3) is 0 Å². The molecule has 0 saturated heterocycles. The van der Waals surface area contributed by atoms with Crippen molar-refractivity contribution in [2.45, 2.75) is 19.6 Å². The fraction of sp³-hybridized carbons (Fsp3) is 0.391. The maximum absolute atomic E-state index is 13.3. The first-order valence-corrected chi connectivity index (χ1v) is 10.3. The summed E-state index contributed by atoms with van der Waals surface area (Å²) >= 11 is 0. The van der Waals surface area contributed by atoms with Crippen molar-refractivity contribution >= 4 is 11.9 Å². The molecule has 7 nitrogen and oxygen atoms in total. The van der Waals surface area contributed by atoms with Gasteiger partial charge in [-0.15, -0.1) is 0 Å². The van der Waals surface area contributed by atoms with Crippen molar-refractivity contribution in [2.75, 3.05) is 40.8 Å². The zero-order valence-corrected chi connectivity index (χ0v) is 18.6. The van der Waals surface area contributed by atoms with E-state index in [0.717, 1.165) is 12.1 Å². The second-order valence-electron chi connectivity index (χ2n) is 7.45. The molecule has 2 aromatic carbocycles. The number of carbonyl (C=O) groups is 1. The van der Waals surface area contributed by atoms with Crippen molar-refractivity contribution in [3.63, 3.8) is 0 Å². The maximum Gasteiger partial charge on any atom is 0.251 e. The quantitative estimate of drug-likeness (QED) is 0.399. The SMILES string of the molecule is CN=C(NCc1cccc(C(=O)NCCN(C)C)c1)NCC(C)Oc1cccc(F)c1. The van der Waals surface area contributed by atoms with E-state index in [1.54, 1.807) is 25.2 Å². The number of amides is 1. The third kappa shape index (κ3) is 9.04. The van der Waals surface area contributed by atoms with E-state index in [1.165, 1.54) is 12.1 Å². The van der Waals surface area contributed by atoms with Crippen LogP contribution in [0.1, 0.15) is 22.8 Å². The summed E-state index contributed by atoms with van der Waals surface area (Å²) in [4.78, 5) is 18.5. The van der Waals surface area contributed by atoms with E-state index in [-0.39, 0.29) is 17.8 Å². The number of carbonyl (C=O) groups excluding carboxylic acids is 1. The molecule has 0 spiro atoms. The molecule has 1 unspecified atom stereocenters. The van der Waals surface area contributed by atoms with Gasteiger partial charge in [0.25, 0.3) is 5.91 Å². The number of benzene rings is 2. The summed E-state index contributed by atoms with van der Waals surface area (Å²) in [6.45, 7) is 4.28. The zero-order chi connectivity index (χ0) is 22.6. The molecule has 0 aliphatic heterocycles. The molecule has 0 aliphatic rings.